The lowest BCUT2D eigenvalue weighted by Gasteiger charge is -2.07. The van der Waals surface area contributed by atoms with E-state index in [-0.39, 0.29) is 6.04 Å². The molecule has 2 N–H and O–H groups in total. The number of fused-ring (bicyclic) bond motifs is 1. The van der Waals surface area contributed by atoms with Gasteiger partial charge in [0.15, 0.2) is 0 Å². The zero-order chi connectivity index (χ0) is 12.5. The third kappa shape index (κ3) is 1.76. The Morgan fingerprint density at radius 2 is 1.94 bits per heavy atom. The van der Waals surface area contributed by atoms with Gasteiger partial charge in [0.1, 0.15) is 6.33 Å². The smallest absolute Gasteiger partial charge is 0.100 e. The molecule has 2 aromatic heterocycles. The minimum absolute atomic E-state index is 0.0430. The van der Waals surface area contributed by atoms with Crippen LogP contribution in [0.4, 0.5) is 0 Å². The standard InChI is InChI=1S/C14H14N4/c1-10(15)12-7-6-11(8-16-12)18-9-17-13-4-2-3-5-14(13)18/h2-10H,15H2,1H3/t10-/m1/s1. The molecule has 0 aliphatic rings. The van der Waals surface area contributed by atoms with E-state index in [1.54, 1.807) is 0 Å². The van der Waals surface area contributed by atoms with E-state index in [0.717, 1.165) is 22.4 Å². The molecule has 90 valence electrons. The van der Waals surface area contributed by atoms with Crippen molar-refractivity contribution >= 4 is 11.0 Å². The van der Waals surface area contributed by atoms with Gasteiger partial charge in [-0.2, -0.15) is 0 Å². The fourth-order valence-electron chi connectivity index (χ4n) is 1.97. The number of rotatable bonds is 2. The Bertz CT molecular complexity index is 668. The topological polar surface area (TPSA) is 56.7 Å². The zero-order valence-electron chi connectivity index (χ0n) is 10.1. The lowest BCUT2D eigenvalue weighted by atomic mass is 10.2. The van der Waals surface area contributed by atoms with E-state index in [2.05, 4.69) is 9.97 Å². The van der Waals surface area contributed by atoms with Crippen molar-refractivity contribution in [3.05, 3.63) is 54.6 Å². The van der Waals surface area contributed by atoms with Gasteiger partial charge in [0, 0.05) is 6.04 Å². The van der Waals surface area contributed by atoms with Crippen LogP contribution in [0.15, 0.2) is 48.9 Å². The van der Waals surface area contributed by atoms with Gasteiger partial charge in [-0.15, -0.1) is 0 Å². The summed E-state index contributed by atoms with van der Waals surface area (Å²) in [5.41, 5.74) is 9.73. The van der Waals surface area contributed by atoms with Gasteiger partial charge in [-0.3, -0.25) is 9.55 Å². The Labute approximate surface area is 105 Å². The Hall–Kier alpha value is -2.20. The predicted molar refractivity (Wildman–Crippen MR) is 71.5 cm³/mol. The van der Waals surface area contributed by atoms with Crippen LogP contribution in [0.5, 0.6) is 0 Å². The summed E-state index contributed by atoms with van der Waals surface area (Å²) >= 11 is 0. The van der Waals surface area contributed by atoms with Crippen LogP contribution in [0.25, 0.3) is 16.7 Å². The lowest BCUT2D eigenvalue weighted by molar-refractivity contribution is 0.779. The van der Waals surface area contributed by atoms with Crippen molar-refractivity contribution in [2.24, 2.45) is 5.73 Å². The maximum atomic E-state index is 5.79. The van der Waals surface area contributed by atoms with Gasteiger partial charge < -0.3 is 5.73 Å². The highest BCUT2D eigenvalue weighted by atomic mass is 15.1. The first-order chi connectivity index (χ1) is 8.75. The SMILES string of the molecule is C[C@@H](N)c1ccc(-n2cnc3ccccc32)cn1. The van der Waals surface area contributed by atoms with Crippen molar-refractivity contribution in [1.82, 2.24) is 14.5 Å². The molecule has 4 heteroatoms. The average Bonchev–Trinajstić information content (AvgIpc) is 2.82. The fraction of sp³-hybridized carbons (Fsp3) is 0.143. The molecule has 0 saturated carbocycles. The van der Waals surface area contributed by atoms with Crippen LogP contribution in [-0.4, -0.2) is 14.5 Å². The third-order valence-corrected chi connectivity index (χ3v) is 2.97. The molecule has 3 aromatic rings. The molecule has 0 spiro atoms. The minimum Gasteiger partial charge on any atom is -0.323 e. The Balaban J connectivity index is 2.09. The number of para-hydroxylation sites is 2. The first kappa shape index (κ1) is 10.9. The van der Waals surface area contributed by atoms with Crippen molar-refractivity contribution in [1.29, 1.82) is 0 Å². The summed E-state index contributed by atoms with van der Waals surface area (Å²) in [6.07, 6.45) is 3.64. The quantitative estimate of drug-likeness (QED) is 0.746. The molecule has 0 aliphatic heterocycles. The Morgan fingerprint density at radius 1 is 1.11 bits per heavy atom. The summed E-state index contributed by atoms with van der Waals surface area (Å²) in [5.74, 6) is 0. The summed E-state index contributed by atoms with van der Waals surface area (Å²) in [4.78, 5) is 8.73. The first-order valence-electron chi connectivity index (χ1n) is 5.90. The molecule has 1 atom stereocenters. The van der Waals surface area contributed by atoms with Gasteiger partial charge in [-0.05, 0) is 31.2 Å². The second kappa shape index (κ2) is 4.23. The van der Waals surface area contributed by atoms with Crippen LogP contribution in [0.3, 0.4) is 0 Å². The summed E-state index contributed by atoms with van der Waals surface area (Å²) in [5, 5.41) is 0. The van der Waals surface area contributed by atoms with E-state index in [4.69, 9.17) is 5.73 Å². The van der Waals surface area contributed by atoms with Crippen LogP contribution in [-0.2, 0) is 0 Å². The van der Waals surface area contributed by atoms with E-state index in [9.17, 15) is 0 Å². The van der Waals surface area contributed by atoms with Crippen LogP contribution in [0.2, 0.25) is 0 Å². The highest BCUT2D eigenvalue weighted by molar-refractivity contribution is 5.77. The normalized spacial score (nSPS) is 12.8. The van der Waals surface area contributed by atoms with Crippen LogP contribution in [0, 0.1) is 0 Å². The highest BCUT2D eigenvalue weighted by Crippen LogP contribution is 2.18. The molecule has 0 unspecified atom stereocenters. The largest absolute Gasteiger partial charge is 0.323 e. The summed E-state index contributed by atoms with van der Waals surface area (Å²) in [7, 11) is 0. The maximum absolute atomic E-state index is 5.79. The molecular weight excluding hydrogens is 224 g/mol. The minimum atomic E-state index is -0.0430. The molecule has 0 aliphatic carbocycles. The van der Waals surface area contributed by atoms with E-state index >= 15 is 0 Å². The number of benzene rings is 1. The lowest BCUT2D eigenvalue weighted by Crippen LogP contribution is -2.07. The van der Waals surface area contributed by atoms with E-state index < -0.39 is 0 Å². The number of imidazole rings is 1. The highest BCUT2D eigenvalue weighted by Gasteiger charge is 2.05. The molecule has 2 heterocycles. The molecule has 3 rings (SSSR count). The zero-order valence-corrected chi connectivity index (χ0v) is 10.1. The van der Waals surface area contributed by atoms with Crippen molar-refractivity contribution in [2.45, 2.75) is 13.0 Å². The van der Waals surface area contributed by atoms with E-state index in [1.165, 1.54) is 0 Å². The second-order valence-corrected chi connectivity index (χ2v) is 4.33. The summed E-state index contributed by atoms with van der Waals surface area (Å²) in [6, 6.07) is 12.0. The van der Waals surface area contributed by atoms with Crippen LogP contribution in [0.1, 0.15) is 18.7 Å². The fourth-order valence-corrected chi connectivity index (χ4v) is 1.97. The third-order valence-electron chi connectivity index (χ3n) is 2.97. The predicted octanol–water partition coefficient (Wildman–Crippen LogP) is 2.44. The number of pyridine rings is 1. The summed E-state index contributed by atoms with van der Waals surface area (Å²) in [6.45, 7) is 1.93. The van der Waals surface area contributed by atoms with Crippen LogP contribution < -0.4 is 5.73 Å². The van der Waals surface area contributed by atoms with Crippen molar-refractivity contribution in [3.8, 4) is 5.69 Å². The Kier molecular flexibility index (Phi) is 2.57. The van der Waals surface area contributed by atoms with Crippen molar-refractivity contribution < 1.29 is 0 Å². The number of nitrogens with two attached hydrogens (primary N) is 1. The molecule has 0 fully saturated rings. The number of aromatic nitrogens is 3. The second-order valence-electron chi connectivity index (χ2n) is 4.33. The van der Waals surface area contributed by atoms with Crippen molar-refractivity contribution in [2.75, 3.05) is 0 Å². The van der Waals surface area contributed by atoms with Gasteiger partial charge in [0.05, 0.1) is 28.6 Å². The van der Waals surface area contributed by atoms with Crippen LogP contribution >= 0.6 is 0 Å². The van der Waals surface area contributed by atoms with Gasteiger partial charge in [0.25, 0.3) is 0 Å². The molecular formula is C14H14N4. The Morgan fingerprint density at radius 3 is 2.67 bits per heavy atom. The molecule has 0 radical (unpaired) electrons. The molecule has 18 heavy (non-hydrogen) atoms. The monoisotopic (exact) mass is 238 g/mol. The van der Waals surface area contributed by atoms with Gasteiger partial charge in [-0.25, -0.2) is 4.98 Å². The van der Waals surface area contributed by atoms with Gasteiger partial charge in [-0.1, -0.05) is 12.1 Å². The average molecular weight is 238 g/mol. The number of nitrogens with zero attached hydrogens (tertiary/aromatic N) is 3. The summed E-state index contributed by atoms with van der Waals surface area (Å²) < 4.78 is 2.02. The van der Waals surface area contributed by atoms with Crippen molar-refractivity contribution in [3.63, 3.8) is 0 Å². The molecule has 0 bridgehead atoms. The molecule has 4 nitrogen and oxygen atoms in total. The number of hydrogen-bond acceptors (Lipinski definition) is 3. The molecule has 0 saturated heterocycles. The maximum Gasteiger partial charge on any atom is 0.100 e. The first-order valence-corrected chi connectivity index (χ1v) is 5.90. The van der Waals surface area contributed by atoms with Gasteiger partial charge in [0.2, 0.25) is 0 Å². The number of hydrogen-bond donors (Lipinski definition) is 1. The van der Waals surface area contributed by atoms with E-state index in [0.29, 0.717) is 0 Å². The van der Waals surface area contributed by atoms with Gasteiger partial charge >= 0.3 is 0 Å². The molecule has 1 aromatic carbocycles. The molecule has 0 amide bonds. The van der Waals surface area contributed by atoms with E-state index in [1.807, 2.05) is 60.4 Å².